The molecule has 0 amide bonds. The summed E-state index contributed by atoms with van der Waals surface area (Å²) in [6, 6.07) is 23.4. The van der Waals surface area contributed by atoms with Crippen molar-refractivity contribution in [2.75, 3.05) is 0 Å². The fourth-order valence-corrected chi connectivity index (χ4v) is 3.77. The molecule has 0 aliphatic carbocycles. The Morgan fingerprint density at radius 2 is 1.19 bits per heavy atom. The fraction of sp³-hybridized carbons (Fsp3) is 0.0455. The molecule has 0 fully saturated rings. The summed E-state index contributed by atoms with van der Waals surface area (Å²) in [5, 5.41) is 3.11. The summed E-state index contributed by atoms with van der Waals surface area (Å²) < 4.78 is 0. The van der Waals surface area contributed by atoms with E-state index >= 15 is 0 Å². The maximum Gasteiger partial charge on any atom is 0.0705 e. The first-order valence-corrected chi connectivity index (χ1v) is 9.80. The van der Waals surface area contributed by atoms with Crippen LogP contribution in [0, 0.1) is 0 Å². The summed E-state index contributed by atoms with van der Waals surface area (Å²) in [6.45, 7) is 0. The van der Waals surface area contributed by atoms with Crippen molar-refractivity contribution in [1.29, 1.82) is 0 Å². The highest BCUT2D eigenvalue weighted by molar-refractivity contribution is 6.42. The lowest BCUT2D eigenvalue weighted by Crippen LogP contribution is -2.06. The van der Waals surface area contributed by atoms with E-state index in [0.29, 0.717) is 20.1 Å². The van der Waals surface area contributed by atoms with Crippen LogP contribution in [0.15, 0.2) is 72.8 Å². The van der Waals surface area contributed by atoms with E-state index in [1.165, 1.54) is 0 Å². The number of pyridine rings is 1. The molecule has 0 spiro atoms. The Balaban J connectivity index is 1.93. The minimum atomic E-state index is -0.154. The van der Waals surface area contributed by atoms with Gasteiger partial charge in [-0.05, 0) is 47.5 Å². The molecule has 0 bridgehead atoms. The van der Waals surface area contributed by atoms with E-state index in [4.69, 9.17) is 51.4 Å². The molecule has 0 radical (unpaired) electrons. The Morgan fingerprint density at radius 3 is 1.78 bits per heavy atom. The topological polar surface area (TPSA) is 12.9 Å². The molecule has 0 aliphatic heterocycles. The van der Waals surface area contributed by atoms with Gasteiger partial charge in [0.2, 0.25) is 0 Å². The van der Waals surface area contributed by atoms with E-state index in [9.17, 15) is 0 Å². The molecule has 0 saturated carbocycles. The Morgan fingerprint density at radius 1 is 0.593 bits per heavy atom. The van der Waals surface area contributed by atoms with E-state index in [-0.39, 0.29) is 5.92 Å². The smallest absolute Gasteiger partial charge is 0.0705 e. The highest BCUT2D eigenvalue weighted by Crippen LogP contribution is 2.37. The molecule has 0 N–H and O–H groups in total. The minimum absolute atomic E-state index is 0.154. The number of hydrogen-bond donors (Lipinski definition) is 0. The fourth-order valence-electron chi connectivity index (χ4n) is 3.16. The van der Waals surface area contributed by atoms with Crippen molar-refractivity contribution in [1.82, 2.24) is 4.98 Å². The quantitative estimate of drug-likeness (QED) is 0.319. The number of para-hydroxylation sites is 1. The number of nitrogens with zero attached hydrogens (tertiary/aromatic N) is 1. The number of halogens is 4. The van der Waals surface area contributed by atoms with Gasteiger partial charge in [-0.3, -0.25) is 4.98 Å². The van der Waals surface area contributed by atoms with Gasteiger partial charge in [0, 0.05) is 5.39 Å². The van der Waals surface area contributed by atoms with Crippen LogP contribution in [-0.4, -0.2) is 4.98 Å². The average Bonchev–Trinajstić information content (AvgIpc) is 2.67. The number of rotatable bonds is 3. The molecule has 4 aromatic rings. The predicted molar refractivity (Wildman–Crippen MR) is 116 cm³/mol. The molecule has 4 rings (SSSR count). The highest BCUT2D eigenvalue weighted by Gasteiger charge is 2.20. The molecule has 0 unspecified atom stereocenters. The van der Waals surface area contributed by atoms with Crippen molar-refractivity contribution >= 4 is 57.3 Å². The third kappa shape index (κ3) is 3.79. The van der Waals surface area contributed by atoms with Crippen LogP contribution in [0.4, 0.5) is 0 Å². The van der Waals surface area contributed by atoms with Crippen molar-refractivity contribution in [2.45, 2.75) is 5.92 Å². The molecule has 134 valence electrons. The van der Waals surface area contributed by atoms with Gasteiger partial charge in [0.15, 0.2) is 0 Å². The maximum absolute atomic E-state index is 6.28. The van der Waals surface area contributed by atoms with Gasteiger partial charge < -0.3 is 0 Å². The molecule has 27 heavy (non-hydrogen) atoms. The minimum Gasteiger partial charge on any atom is -0.252 e. The molecule has 1 aromatic heterocycles. The van der Waals surface area contributed by atoms with Crippen molar-refractivity contribution in [3.05, 3.63) is 110 Å². The molecule has 3 aromatic carbocycles. The Labute approximate surface area is 177 Å². The summed E-state index contributed by atoms with van der Waals surface area (Å²) in [5.41, 5.74) is 3.78. The van der Waals surface area contributed by atoms with Crippen LogP contribution in [0.5, 0.6) is 0 Å². The van der Waals surface area contributed by atoms with Crippen LogP contribution in [-0.2, 0) is 0 Å². The SMILES string of the molecule is Clc1ccc(C(c2ccc(Cl)c(Cl)c2)c2ccc3ccccc3n2)cc1Cl. The van der Waals surface area contributed by atoms with Crippen LogP contribution in [0.1, 0.15) is 22.7 Å². The van der Waals surface area contributed by atoms with Gasteiger partial charge in [0.05, 0.1) is 37.2 Å². The Bertz CT molecular complexity index is 1090. The van der Waals surface area contributed by atoms with Gasteiger partial charge >= 0.3 is 0 Å². The lowest BCUT2D eigenvalue weighted by molar-refractivity contribution is 0.929. The van der Waals surface area contributed by atoms with Crippen molar-refractivity contribution in [3.63, 3.8) is 0 Å². The van der Waals surface area contributed by atoms with Gasteiger partial charge in [0.1, 0.15) is 0 Å². The maximum atomic E-state index is 6.28. The first-order chi connectivity index (χ1) is 13.0. The summed E-state index contributed by atoms with van der Waals surface area (Å²) in [5.74, 6) is -0.154. The molecular weight excluding hydrogens is 420 g/mol. The van der Waals surface area contributed by atoms with Crippen LogP contribution in [0.25, 0.3) is 10.9 Å². The van der Waals surface area contributed by atoms with Crippen molar-refractivity contribution < 1.29 is 0 Å². The van der Waals surface area contributed by atoms with E-state index < -0.39 is 0 Å². The monoisotopic (exact) mass is 431 g/mol. The molecule has 0 saturated heterocycles. The first kappa shape index (κ1) is 18.6. The molecular formula is C22H13Cl4N. The van der Waals surface area contributed by atoms with Crippen molar-refractivity contribution in [2.24, 2.45) is 0 Å². The normalized spacial score (nSPS) is 11.3. The lowest BCUT2D eigenvalue weighted by Gasteiger charge is -2.19. The summed E-state index contributed by atoms with van der Waals surface area (Å²) in [7, 11) is 0. The van der Waals surface area contributed by atoms with E-state index in [1.807, 2.05) is 54.6 Å². The zero-order valence-corrected chi connectivity index (χ0v) is 17.0. The highest BCUT2D eigenvalue weighted by atomic mass is 35.5. The van der Waals surface area contributed by atoms with E-state index in [1.54, 1.807) is 12.1 Å². The van der Waals surface area contributed by atoms with Gasteiger partial charge in [-0.1, -0.05) is 82.8 Å². The number of aromatic nitrogens is 1. The standard InChI is InChI=1S/C22H13Cl4N/c23-16-8-5-14(11-18(16)25)22(15-6-9-17(24)19(26)12-15)21-10-7-13-3-1-2-4-20(13)27-21/h1-12,22H. The average molecular weight is 433 g/mol. The Hall–Kier alpha value is -1.77. The third-order valence-corrected chi connectivity index (χ3v) is 5.95. The second-order valence-corrected chi connectivity index (χ2v) is 7.84. The van der Waals surface area contributed by atoms with Crippen LogP contribution >= 0.6 is 46.4 Å². The zero-order valence-electron chi connectivity index (χ0n) is 14.0. The van der Waals surface area contributed by atoms with Gasteiger partial charge in [-0.2, -0.15) is 0 Å². The third-order valence-electron chi connectivity index (χ3n) is 4.47. The number of benzene rings is 3. The lowest BCUT2D eigenvalue weighted by atomic mass is 9.88. The van der Waals surface area contributed by atoms with E-state index in [2.05, 4.69) is 6.07 Å². The second-order valence-electron chi connectivity index (χ2n) is 6.21. The first-order valence-electron chi connectivity index (χ1n) is 8.28. The molecule has 0 aliphatic rings. The van der Waals surface area contributed by atoms with Crippen LogP contribution < -0.4 is 0 Å². The predicted octanol–water partition coefficient (Wildman–Crippen LogP) is 8.03. The van der Waals surface area contributed by atoms with E-state index in [0.717, 1.165) is 27.7 Å². The molecule has 1 heterocycles. The zero-order chi connectivity index (χ0) is 19.0. The summed E-state index contributed by atoms with van der Waals surface area (Å²) >= 11 is 24.8. The molecule has 5 heteroatoms. The van der Waals surface area contributed by atoms with Crippen molar-refractivity contribution in [3.8, 4) is 0 Å². The summed E-state index contributed by atoms with van der Waals surface area (Å²) in [6.07, 6.45) is 0. The molecule has 1 nitrogen and oxygen atoms in total. The number of hydrogen-bond acceptors (Lipinski definition) is 1. The largest absolute Gasteiger partial charge is 0.252 e. The van der Waals surface area contributed by atoms with Gasteiger partial charge in [0.25, 0.3) is 0 Å². The second kappa shape index (κ2) is 7.69. The van der Waals surface area contributed by atoms with Gasteiger partial charge in [-0.15, -0.1) is 0 Å². The van der Waals surface area contributed by atoms with Crippen LogP contribution in [0.3, 0.4) is 0 Å². The molecule has 0 atom stereocenters. The summed E-state index contributed by atoms with van der Waals surface area (Å²) in [4.78, 5) is 4.88. The number of fused-ring (bicyclic) bond motifs is 1. The van der Waals surface area contributed by atoms with Crippen LogP contribution in [0.2, 0.25) is 20.1 Å². The van der Waals surface area contributed by atoms with Gasteiger partial charge in [-0.25, -0.2) is 0 Å². The Kier molecular flexibility index (Phi) is 5.29.